The van der Waals surface area contributed by atoms with Crippen molar-refractivity contribution in [2.45, 2.75) is 33.1 Å². The molecule has 2 aromatic rings. The maximum Gasteiger partial charge on any atom is 0.171 e. The summed E-state index contributed by atoms with van der Waals surface area (Å²) in [5.74, 6) is 0.776. The molecule has 3 nitrogen and oxygen atoms in total. The Kier molecular flexibility index (Phi) is 2.91. The van der Waals surface area contributed by atoms with Gasteiger partial charge in [0.15, 0.2) is 16.6 Å². The van der Waals surface area contributed by atoms with E-state index in [1.54, 1.807) is 13.2 Å². The fourth-order valence-electron chi connectivity index (χ4n) is 1.57. The van der Waals surface area contributed by atoms with Crippen molar-refractivity contribution >= 4 is 17.1 Å². The van der Waals surface area contributed by atoms with Gasteiger partial charge in [0.25, 0.3) is 0 Å². The molecule has 2 aromatic heterocycles. The van der Waals surface area contributed by atoms with Crippen LogP contribution in [-0.2, 0) is 5.41 Å². The molecule has 2 rings (SSSR count). The summed E-state index contributed by atoms with van der Waals surface area (Å²) in [4.78, 5) is 16.9. The average Bonchev–Trinajstić information content (AvgIpc) is 2.85. The van der Waals surface area contributed by atoms with Gasteiger partial charge in [-0.2, -0.15) is 0 Å². The second kappa shape index (κ2) is 4.11. The van der Waals surface area contributed by atoms with Gasteiger partial charge in [-0.05, 0) is 12.1 Å². The van der Waals surface area contributed by atoms with E-state index in [2.05, 4.69) is 25.8 Å². The number of hydrogen-bond donors (Lipinski definition) is 0. The number of rotatable bonds is 2. The van der Waals surface area contributed by atoms with Crippen LogP contribution in [0.5, 0.6) is 0 Å². The van der Waals surface area contributed by atoms with Crippen LogP contribution in [0.2, 0.25) is 0 Å². The summed E-state index contributed by atoms with van der Waals surface area (Å²) in [6.45, 7) is 7.75. The number of hydrogen-bond acceptors (Lipinski definition) is 4. The third-order valence-electron chi connectivity index (χ3n) is 2.39. The summed E-state index contributed by atoms with van der Waals surface area (Å²) < 4.78 is 5.32. The highest BCUT2D eigenvalue weighted by Gasteiger charge is 2.26. The van der Waals surface area contributed by atoms with Gasteiger partial charge in [-0.1, -0.05) is 20.8 Å². The number of nitrogens with zero attached hydrogens (tertiary/aromatic N) is 1. The minimum Gasteiger partial charge on any atom is -0.462 e. The highest BCUT2D eigenvalue weighted by molar-refractivity contribution is 7.17. The number of carbonyl (C=O) groups excluding carboxylic acids is 1. The van der Waals surface area contributed by atoms with Gasteiger partial charge in [0.1, 0.15) is 0 Å². The van der Waals surface area contributed by atoms with E-state index in [4.69, 9.17) is 4.42 Å². The first-order chi connectivity index (χ1) is 7.89. The van der Waals surface area contributed by atoms with Gasteiger partial charge in [0, 0.05) is 12.3 Å². The van der Waals surface area contributed by atoms with Crippen LogP contribution in [0.4, 0.5) is 0 Å². The standard InChI is InChI=1S/C13H15NO2S/c1-8(15)10-11(13(2,3)4)14-12(17-10)9-6-5-7-16-9/h5-7H,1-4H3. The molecule has 2 heterocycles. The average molecular weight is 249 g/mol. The van der Waals surface area contributed by atoms with Gasteiger partial charge < -0.3 is 4.42 Å². The molecule has 0 saturated heterocycles. The second-order valence-electron chi connectivity index (χ2n) is 4.98. The van der Waals surface area contributed by atoms with Crippen molar-refractivity contribution in [1.29, 1.82) is 0 Å². The molecular formula is C13H15NO2S. The van der Waals surface area contributed by atoms with Gasteiger partial charge in [0.05, 0.1) is 16.8 Å². The van der Waals surface area contributed by atoms with E-state index in [-0.39, 0.29) is 11.2 Å². The Morgan fingerprint density at radius 3 is 2.53 bits per heavy atom. The van der Waals surface area contributed by atoms with E-state index in [0.717, 1.165) is 15.6 Å². The van der Waals surface area contributed by atoms with Crippen molar-refractivity contribution in [1.82, 2.24) is 4.98 Å². The van der Waals surface area contributed by atoms with Gasteiger partial charge in [-0.3, -0.25) is 4.79 Å². The number of ketones is 1. The van der Waals surface area contributed by atoms with Crippen molar-refractivity contribution in [2.24, 2.45) is 0 Å². The molecule has 0 saturated carbocycles. The van der Waals surface area contributed by atoms with Crippen LogP contribution < -0.4 is 0 Å². The summed E-state index contributed by atoms with van der Waals surface area (Å²) in [6, 6.07) is 3.68. The summed E-state index contributed by atoms with van der Waals surface area (Å²) in [5, 5.41) is 0.769. The van der Waals surface area contributed by atoms with E-state index in [1.165, 1.54) is 11.3 Å². The molecular weight excluding hydrogens is 234 g/mol. The summed E-state index contributed by atoms with van der Waals surface area (Å²) in [5.41, 5.74) is 0.712. The van der Waals surface area contributed by atoms with E-state index in [0.29, 0.717) is 5.76 Å². The number of carbonyl (C=O) groups is 1. The largest absolute Gasteiger partial charge is 0.462 e. The van der Waals surface area contributed by atoms with E-state index in [1.807, 2.05) is 12.1 Å². The number of thiazole rings is 1. The van der Waals surface area contributed by atoms with Crippen LogP contribution in [0.25, 0.3) is 10.8 Å². The summed E-state index contributed by atoms with van der Waals surface area (Å²) in [6.07, 6.45) is 1.61. The Balaban J connectivity index is 2.56. The SMILES string of the molecule is CC(=O)c1sc(-c2ccco2)nc1C(C)(C)C. The molecule has 0 bridgehead atoms. The van der Waals surface area contributed by atoms with Crippen LogP contribution in [0.3, 0.4) is 0 Å². The first kappa shape index (κ1) is 12.0. The minimum absolute atomic E-state index is 0.0604. The Hall–Kier alpha value is -1.42. The molecule has 0 aromatic carbocycles. The van der Waals surface area contributed by atoms with Gasteiger partial charge in [0.2, 0.25) is 0 Å². The van der Waals surface area contributed by atoms with Crippen molar-refractivity contribution < 1.29 is 9.21 Å². The predicted octanol–water partition coefficient (Wildman–Crippen LogP) is 3.90. The lowest BCUT2D eigenvalue weighted by Gasteiger charge is -2.16. The van der Waals surface area contributed by atoms with E-state index < -0.39 is 0 Å². The number of aromatic nitrogens is 1. The van der Waals surface area contributed by atoms with Crippen molar-refractivity contribution in [3.63, 3.8) is 0 Å². The van der Waals surface area contributed by atoms with Crippen LogP contribution in [0, 0.1) is 0 Å². The molecule has 0 spiro atoms. The fourth-order valence-corrected chi connectivity index (χ4v) is 2.71. The first-order valence-corrected chi connectivity index (χ1v) is 6.27. The summed E-state index contributed by atoms with van der Waals surface area (Å²) in [7, 11) is 0. The lowest BCUT2D eigenvalue weighted by Crippen LogP contribution is -2.15. The molecule has 17 heavy (non-hydrogen) atoms. The number of furan rings is 1. The first-order valence-electron chi connectivity index (χ1n) is 5.45. The molecule has 0 unspecified atom stereocenters. The molecule has 0 radical (unpaired) electrons. The fraction of sp³-hybridized carbons (Fsp3) is 0.385. The Morgan fingerprint density at radius 1 is 1.41 bits per heavy atom. The third-order valence-corrected chi connectivity index (χ3v) is 3.56. The van der Waals surface area contributed by atoms with E-state index in [9.17, 15) is 4.79 Å². The van der Waals surface area contributed by atoms with E-state index >= 15 is 0 Å². The monoisotopic (exact) mass is 249 g/mol. The topological polar surface area (TPSA) is 43.1 Å². The second-order valence-corrected chi connectivity index (χ2v) is 5.98. The molecule has 0 N–H and O–H groups in total. The van der Waals surface area contributed by atoms with Crippen LogP contribution in [0.15, 0.2) is 22.8 Å². The maximum atomic E-state index is 11.6. The Morgan fingerprint density at radius 2 is 2.12 bits per heavy atom. The molecule has 0 fully saturated rings. The van der Waals surface area contributed by atoms with Gasteiger partial charge >= 0.3 is 0 Å². The lowest BCUT2D eigenvalue weighted by molar-refractivity contribution is 0.101. The smallest absolute Gasteiger partial charge is 0.171 e. The number of Topliss-reactive ketones (excluding diaryl/α,β-unsaturated/α-hetero) is 1. The van der Waals surface area contributed by atoms with Crippen LogP contribution in [-0.4, -0.2) is 10.8 Å². The van der Waals surface area contributed by atoms with Crippen molar-refractivity contribution in [3.8, 4) is 10.8 Å². The highest BCUT2D eigenvalue weighted by atomic mass is 32.1. The lowest BCUT2D eigenvalue weighted by atomic mass is 9.91. The zero-order chi connectivity index (χ0) is 12.6. The highest BCUT2D eigenvalue weighted by Crippen LogP contribution is 2.34. The summed E-state index contributed by atoms with van der Waals surface area (Å²) >= 11 is 1.40. The molecule has 0 aliphatic rings. The maximum absolute atomic E-state index is 11.6. The normalized spacial score (nSPS) is 11.8. The Labute approximate surface area is 104 Å². The van der Waals surface area contributed by atoms with Gasteiger partial charge in [-0.15, -0.1) is 11.3 Å². The van der Waals surface area contributed by atoms with Gasteiger partial charge in [-0.25, -0.2) is 4.98 Å². The molecule has 0 amide bonds. The molecule has 0 aliphatic carbocycles. The minimum atomic E-state index is -0.137. The molecule has 90 valence electrons. The van der Waals surface area contributed by atoms with Crippen LogP contribution >= 0.6 is 11.3 Å². The zero-order valence-electron chi connectivity index (χ0n) is 10.4. The van der Waals surface area contributed by atoms with Crippen molar-refractivity contribution in [2.75, 3.05) is 0 Å². The van der Waals surface area contributed by atoms with Crippen molar-refractivity contribution in [3.05, 3.63) is 29.0 Å². The third kappa shape index (κ3) is 2.31. The Bertz CT molecular complexity index is 532. The molecule has 4 heteroatoms. The predicted molar refractivity (Wildman–Crippen MR) is 68.5 cm³/mol. The molecule has 0 atom stereocenters. The zero-order valence-corrected chi connectivity index (χ0v) is 11.2. The van der Waals surface area contributed by atoms with Crippen LogP contribution in [0.1, 0.15) is 43.1 Å². The molecule has 0 aliphatic heterocycles. The quantitative estimate of drug-likeness (QED) is 0.758.